The Morgan fingerprint density at radius 3 is 1.29 bits per heavy atom. The molecule has 2 heterocycles. The molecular weight excluding hydrogens is 460 g/mol. The summed E-state index contributed by atoms with van der Waals surface area (Å²) in [6, 6.07) is 9.65. The number of hydrogen-bond donors (Lipinski definition) is 2. The molecule has 11 heteroatoms. The van der Waals surface area contributed by atoms with Crippen LogP contribution in [0, 0.1) is 0 Å². The van der Waals surface area contributed by atoms with Gasteiger partial charge in [0.15, 0.2) is 0 Å². The third-order valence-electron chi connectivity index (χ3n) is 5.33. The van der Waals surface area contributed by atoms with Gasteiger partial charge in [0.25, 0.3) is 0 Å². The number of esters is 4. The zero-order valence-electron chi connectivity index (χ0n) is 19.1. The minimum absolute atomic E-state index is 0.0107. The molecule has 0 amide bonds. The lowest BCUT2D eigenvalue weighted by atomic mass is 10.1. The SMILES string of the molecule is COC(=O)c1[nH]c2ccc(Oc3ccc4[nH]c(C(=O)OC)c(C(=O)OC)c4c3)cc2c1C(=O)OC. The van der Waals surface area contributed by atoms with Gasteiger partial charge in [0, 0.05) is 21.8 Å². The van der Waals surface area contributed by atoms with Crippen LogP contribution in [0.2, 0.25) is 0 Å². The Kier molecular flexibility index (Phi) is 6.15. The van der Waals surface area contributed by atoms with Crippen molar-refractivity contribution in [3.05, 3.63) is 58.9 Å². The van der Waals surface area contributed by atoms with Crippen molar-refractivity contribution < 1.29 is 42.9 Å². The maximum atomic E-state index is 12.4. The lowest BCUT2D eigenvalue weighted by Crippen LogP contribution is -2.10. The summed E-state index contributed by atoms with van der Waals surface area (Å²) in [6.07, 6.45) is 0. The first-order valence-electron chi connectivity index (χ1n) is 10.2. The maximum absolute atomic E-state index is 12.4. The largest absolute Gasteiger partial charge is 0.465 e. The summed E-state index contributed by atoms with van der Waals surface area (Å²) in [7, 11) is 4.82. The van der Waals surface area contributed by atoms with Crippen molar-refractivity contribution in [2.45, 2.75) is 0 Å². The average Bonchev–Trinajstić information content (AvgIpc) is 3.45. The maximum Gasteiger partial charge on any atom is 0.355 e. The van der Waals surface area contributed by atoms with Crippen molar-refractivity contribution in [1.82, 2.24) is 9.97 Å². The van der Waals surface area contributed by atoms with Crippen molar-refractivity contribution in [2.24, 2.45) is 0 Å². The van der Waals surface area contributed by atoms with E-state index in [0.29, 0.717) is 33.3 Å². The van der Waals surface area contributed by atoms with Crippen LogP contribution in [0.5, 0.6) is 11.5 Å². The van der Waals surface area contributed by atoms with Crippen LogP contribution >= 0.6 is 0 Å². The van der Waals surface area contributed by atoms with Gasteiger partial charge in [-0.1, -0.05) is 0 Å². The second-order valence-corrected chi connectivity index (χ2v) is 7.23. The Labute approximate surface area is 197 Å². The van der Waals surface area contributed by atoms with Gasteiger partial charge in [-0.25, -0.2) is 19.2 Å². The van der Waals surface area contributed by atoms with E-state index in [0.717, 1.165) is 0 Å². The van der Waals surface area contributed by atoms with Crippen LogP contribution in [0.15, 0.2) is 36.4 Å². The number of aromatic amines is 2. The van der Waals surface area contributed by atoms with E-state index < -0.39 is 23.9 Å². The molecule has 35 heavy (non-hydrogen) atoms. The van der Waals surface area contributed by atoms with Crippen LogP contribution in [-0.2, 0) is 18.9 Å². The monoisotopic (exact) mass is 480 g/mol. The molecule has 0 unspecified atom stereocenters. The number of carbonyl (C=O) groups is 4. The zero-order valence-corrected chi connectivity index (χ0v) is 19.1. The highest BCUT2D eigenvalue weighted by Gasteiger charge is 2.26. The summed E-state index contributed by atoms with van der Waals surface area (Å²) in [4.78, 5) is 54.8. The van der Waals surface area contributed by atoms with Crippen molar-refractivity contribution in [1.29, 1.82) is 0 Å². The number of aromatic nitrogens is 2. The minimum Gasteiger partial charge on any atom is -0.465 e. The van der Waals surface area contributed by atoms with Crippen molar-refractivity contribution >= 4 is 45.7 Å². The smallest absolute Gasteiger partial charge is 0.355 e. The summed E-state index contributed by atoms with van der Waals surface area (Å²) in [5.41, 5.74) is 0.926. The summed E-state index contributed by atoms with van der Waals surface area (Å²) >= 11 is 0. The Morgan fingerprint density at radius 1 is 0.571 bits per heavy atom. The number of benzene rings is 2. The van der Waals surface area contributed by atoms with Crippen molar-refractivity contribution in [3.63, 3.8) is 0 Å². The number of fused-ring (bicyclic) bond motifs is 2. The standard InChI is InChI=1S/C24H20N2O9/c1-31-21(27)17-13-9-11(5-7-15(13)25-19(17)23(29)33-3)35-12-6-8-16-14(10-12)18(22(28)32-2)20(26-16)24(30)34-4/h5-10,25-26H,1-4H3. The van der Waals surface area contributed by atoms with Crippen LogP contribution in [0.4, 0.5) is 0 Å². The van der Waals surface area contributed by atoms with Gasteiger partial charge in [0.05, 0.1) is 39.6 Å². The molecule has 0 aliphatic rings. The topological polar surface area (TPSA) is 146 Å². The number of hydrogen-bond acceptors (Lipinski definition) is 9. The number of nitrogens with one attached hydrogen (secondary N) is 2. The zero-order chi connectivity index (χ0) is 25.3. The Morgan fingerprint density at radius 2 is 0.943 bits per heavy atom. The number of rotatable bonds is 6. The van der Waals surface area contributed by atoms with Gasteiger partial charge in [-0.3, -0.25) is 0 Å². The van der Waals surface area contributed by atoms with E-state index in [1.807, 2.05) is 0 Å². The van der Waals surface area contributed by atoms with E-state index in [-0.39, 0.29) is 22.5 Å². The van der Waals surface area contributed by atoms with E-state index in [2.05, 4.69) is 9.97 Å². The highest BCUT2D eigenvalue weighted by Crippen LogP contribution is 2.33. The number of methoxy groups -OCH3 is 4. The fourth-order valence-corrected chi connectivity index (χ4v) is 3.74. The third-order valence-corrected chi connectivity index (χ3v) is 5.33. The van der Waals surface area contributed by atoms with E-state index in [1.54, 1.807) is 36.4 Å². The first-order chi connectivity index (χ1) is 16.8. The van der Waals surface area contributed by atoms with Gasteiger partial charge in [-0.15, -0.1) is 0 Å². The van der Waals surface area contributed by atoms with Crippen LogP contribution in [0.3, 0.4) is 0 Å². The third kappa shape index (κ3) is 4.03. The quantitative estimate of drug-likeness (QED) is 0.312. The normalized spacial score (nSPS) is 10.7. The van der Waals surface area contributed by atoms with Crippen molar-refractivity contribution in [3.8, 4) is 11.5 Å². The average molecular weight is 480 g/mol. The highest BCUT2D eigenvalue weighted by molar-refractivity contribution is 6.14. The summed E-state index contributed by atoms with van der Waals surface area (Å²) in [6.45, 7) is 0. The highest BCUT2D eigenvalue weighted by atomic mass is 16.5. The molecular formula is C24H20N2O9. The molecule has 0 fully saturated rings. The van der Waals surface area contributed by atoms with Gasteiger partial charge < -0.3 is 33.7 Å². The van der Waals surface area contributed by atoms with E-state index >= 15 is 0 Å². The Balaban J connectivity index is 1.79. The molecule has 0 saturated heterocycles. The molecule has 180 valence electrons. The van der Waals surface area contributed by atoms with Crippen LogP contribution in [0.25, 0.3) is 21.8 Å². The lowest BCUT2D eigenvalue weighted by Gasteiger charge is -2.07. The number of carbonyl (C=O) groups excluding carboxylic acids is 4. The van der Waals surface area contributed by atoms with Crippen LogP contribution in [-0.4, -0.2) is 62.3 Å². The predicted molar refractivity (Wildman–Crippen MR) is 122 cm³/mol. The van der Waals surface area contributed by atoms with E-state index in [4.69, 9.17) is 23.7 Å². The number of H-pyrrole nitrogens is 2. The molecule has 11 nitrogen and oxygen atoms in total. The molecule has 0 radical (unpaired) electrons. The first kappa shape index (κ1) is 23.4. The van der Waals surface area contributed by atoms with Gasteiger partial charge in [0.2, 0.25) is 0 Å². The summed E-state index contributed by atoms with van der Waals surface area (Å²) in [5, 5.41) is 0.779. The van der Waals surface area contributed by atoms with Crippen LogP contribution in [0.1, 0.15) is 41.7 Å². The second kappa shape index (κ2) is 9.21. The fourth-order valence-electron chi connectivity index (χ4n) is 3.74. The Bertz CT molecular complexity index is 1380. The number of ether oxygens (including phenoxy) is 5. The predicted octanol–water partition coefficient (Wildman–Crippen LogP) is 3.59. The molecule has 0 saturated carbocycles. The lowest BCUT2D eigenvalue weighted by molar-refractivity contribution is 0.0553. The van der Waals surface area contributed by atoms with Gasteiger partial charge in [-0.2, -0.15) is 0 Å². The summed E-state index contributed by atoms with van der Waals surface area (Å²) < 4.78 is 25.1. The van der Waals surface area contributed by atoms with E-state index in [9.17, 15) is 19.2 Å². The first-order valence-corrected chi connectivity index (χ1v) is 10.2. The van der Waals surface area contributed by atoms with Crippen LogP contribution < -0.4 is 4.74 Å². The van der Waals surface area contributed by atoms with E-state index in [1.165, 1.54) is 28.4 Å². The minimum atomic E-state index is -0.723. The van der Waals surface area contributed by atoms with Gasteiger partial charge in [-0.05, 0) is 36.4 Å². The Hall–Kier alpha value is -4.80. The second-order valence-electron chi connectivity index (χ2n) is 7.23. The van der Waals surface area contributed by atoms with Crippen molar-refractivity contribution in [2.75, 3.05) is 28.4 Å². The molecule has 2 N–H and O–H groups in total. The molecule has 4 aromatic rings. The molecule has 0 spiro atoms. The molecule has 2 aromatic heterocycles. The molecule has 0 atom stereocenters. The molecule has 2 aromatic carbocycles. The van der Waals surface area contributed by atoms with Gasteiger partial charge >= 0.3 is 23.9 Å². The molecule has 0 bridgehead atoms. The molecule has 4 rings (SSSR count). The fraction of sp³-hybridized carbons (Fsp3) is 0.167. The summed E-state index contributed by atoms with van der Waals surface area (Å²) in [5.74, 6) is -2.22. The van der Waals surface area contributed by atoms with Gasteiger partial charge in [0.1, 0.15) is 22.9 Å². The molecule has 0 aliphatic heterocycles. The molecule has 0 aliphatic carbocycles.